The zero-order valence-electron chi connectivity index (χ0n) is 14.9. The lowest BCUT2D eigenvalue weighted by Gasteiger charge is -2.11. The van der Waals surface area contributed by atoms with E-state index in [2.05, 4.69) is 62.4 Å². The molecule has 0 saturated heterocycles. The van der Waals surface area contributed by atoms with Gasteiger partial charge < -0.3 is 9.47 Å². The number of aryl methyl sites for hydroxylation is 2. The monoisotopic (exact) mass is 332 g/mol. The van der Waals surface area contributed by atoms with Crippen molar-refractivity contribution in [2.75, 3.05) is 13.2 Å². The molecule has 0 saturated carbocycles. The highest BCUT2D eigenvalue weighted by Gasteiger charge is 2.01. The second-order valence-electron chi connectivity index (χ2n) is 6.21. The first-order chi connectivity index (χ1) is 12.2. The van der Waals surface area contributed by atoms with E-state index in [0.29, 0.717) is 13.2 Å². The van der Waals surface area contributed by atoms with Gasteiger partial charge in [0.25, 0.3) is 0 Å². The molecule has 0 radical (unpaired) electrons. The van der Waals surface area contributed by atoms with Gasteiger partial charge in [-0.15, -0.1) is 0 Å². The molecule has 0 spiro atoms. The van der Waals surface area contributed by atoms with Crippen molar-refractivity contribution in [3.8, 4) is 22.6 Å². The molecule has 3 rings (SSSR count). The maximum atomic E-state index is 5.83. The van der Waals surface area contributed by atoms with Crippen molar-refractivity contribution < 1.29 is 9.47 Å². The van der Waals surface area contributed by atoms with Crippen LogP contribution in [0.15, 0.2) is 72.8 Å². The Morgan fingerprint density at radius 2 is 1.36 bits per heavy atom. The van der Waals surface area contributed by atoms with Gasteiger partial charge in [-0.3, -0.25) is 0 Å². The minimum atomic E-state index is 0.648. The molecule has 0 N–H and O–H groups in total. The van der Waals surface area contributed by atoms with Crippen molar-refractivity contribution in [3.05, 3.63) is 83.9 Å². The summed E-state index contributed by atoms with van der Waals surface area (Å²) in [4.78, 5) is 0. The standard InChI is InChI=1S/C23H24O2/c1-18-9-14-23(19(2)17-18)25-16-6-15-24-22-12-10-21(11-13-22)20-7-4-3-5-8-20/h3-5,7-14,17H,6,15-16H2,1-2H3. The molecule has 3 aromatic rings. The lowest BCUT2D eigenvalue weighted by molar-refractivity contribution is 0.246. The Labute approximate surface area is 150 Å². The molecule has 0 aliphatic carbocycles. The first-order valence-corrected chi connectivity index (χ1v) is 8.71. The van der Waals surface area contributed by atoms with Gasteiger partial charge in [-0.1, -0.05) is 60.2 Å². The normalized spacial score (nSPS) is 10.5. The van der Waals surface area contributed by atoms with Gasteiger partial charge >= 0.3 is 0 Å². The van der Waals surface area contributed by atoms with Crippen LogP contribution in [-0.2, 0) is 0 Å². The zero-order valence-corrected chi connectivity index (χ0v) is 14.9. The SMILES string of the molecule is Cc1ccc(OCCCOc2ccc(-c3ccccc3)cc2)c(C)c1. The molecular formula is C23H24O2. The van der Waals surface area contributed by atoms with Gasteiger partial charge in [0.05, 0.1) is 13.2 Å². The Hall–Kier alpha value is -2.74. The molecule has 0 amide bonds. The Balaban J connectivity index is 1.43. The molecular weight excluding hydrogens is 308 g/mol. The highest BCUT2D eigenvalue weighted by molar-refractivity contribution is 5.63. The second-order valence-corrected chi connectivity index (χ2v) is 6.21. The van der Waals surface area contributed by atoms with E-state index >= 15 is 0 Å². The van der Waals surface area contributed by atoms with E-state index in [9.17, 15) is 0 Å². The van der Waals surface area contributed by atoms with Crippen LogP contribution in [0.4, 0.5) is 0 Å². The van der Waals surface area contributed by atoms with Crippen LogP contribution in [0.1, 0.15) is 17.5 Å². The molecule has 0 unspecified atom stereocenters. The predicted molar refractivity (Wildman–Crippen MR) is 103 cm³/mol. The van der Waals surface area contributed by atoms with Gasteiger partial charge in [-0.2, -0.15) is 0 Å². The van der Waals surface area contributed by atoms with Crippen LogP contribution in [-0.4, -0.2) is 13.2 Å². The van der Waals surface area contributed by atoms with Crippen LogP contribution < -0.4 is 9.47 Å². The van der Waals surface area contributed by atoms with Gasteiger partial charge in [-0.25, -0.2) is 0 Å². The topological polar surface area (TPSA) is 18.5 Å². The van der Waals surface area contributed by atoms with Crippen LogP contribution in [0.5, 0.6) is 11.5 Å². The molecule has 0 fully saturated rings. The quantitative estimate of drug-likeness (QED) is 0.508. The number of hydrogen-bond donors (Lipinski definition) is 0. The minimum absolute atomic E-state index is 0.648. The second kappa shape index (κ2) is 8.39. The summed E-state index contributed by atoms with van der Waals surface area (Å²) in [5, 5.41) is 0. The first-order valence-electron chi connectivity index (χ1n) is 8.71. The molecule has 0 aliphatic rings. The van der Waals surface area contributed by atoms with E-state index < -0.39 is 0 Å². The molecule has 0 heterocycles. The average molecular weight is 332 g/mol. The summed E-state index contributed by atoms with van der Waals surface area (Å²) >= 11 is 0. The molecule has 2 nitrogen and oxygen atoms in total. The summed E-state index contributed by atoms with van der Waals surface area (Å²) in [7, 11) is 0. The van der Waals surface area contributed by atoms with Crippen molar-refractivity contribution in [1.82, 2.24) is 0 Å². The summed E-state index contributed by atoms with van der Waals surface area (Å²) < 4.78 is 11.6. The Kier molecular flexibility index (Phi) is 5.73. The molecule has 0 aromatic heterocycles. The number of rotatable bonds is 7. The third-order valence-corrected chi connectivity index (χ3v) is 4.11. The Morgan fingerprint density at radius 1 is 0.680 bits per heavy atom. The van der Waals surface area contributed by atoms with Crippen molar-refractivity contribution >= 4 is 0 Å². The summed E-state index contributed by atoms with van der Waals surface area (Å²) in [6, 6.07) is 24.8. The van der Waals surface area contributed by atoms with Gasteiger partial charge in [0, 0.05) is 6.42 Å². The van der Waals surface area contributed by atoms with Crippen LogP contribution in [0.3, 0.4) is 0 Å². The Bertz CT molecular complexity index is 792. The number of ether oxygens (including phenoxy) is 2. The molecule has 128 valence electrons. The smallest absolute Gasteiger partial charge is 0.122 e. The summed E-state index contributed by atoms with van der Waals surface area (Å²) in [6.07, 6.45) is 0.855. The number of hydrogen-bond acceptors (Lipinski definition) is 2. The number of benzene rings is 3. The fourth-order valence-corrected chi connectivity index (χ4v) is 2.77. The van der Waals surface area contributed by atoms with E-state index in [1.54, 1.807) is 0 Å². The van der Waals surface area contributed by atoms with Crippen LogP contribution in [0.25, 0.3) is 11.1 Å². The zero-order chi connectivity index (χ0) is 17.5. The average Bonchev–Trinajstić information content (AvgIpc) is 2.64. The minimum Gasteiger partial charge on any atom is -0.493 e. The van der Waals surface area contributed by atoms with Crippen molar-refractivity contribution in [2.24, 2.45) is 0 Å². The largest absolute Gasteiger partial charge is 0.493 e. The van der Waals surface area contributed by atoms with Crippen molar-refractivity contribution in [1.29, 1.82) is 0 Å². The molecule has 2 heteroatoms. The fourth-order valence-electron chi connectivity index (χ4n) is 2.77. The Morgan fingerprint density at radius 3 is 2.08 bits per heavy atom. The van der Waals surface area contributed by atoms with Crippen LogP contribution >= 0.6 is 0 Å². The molecule has 25 heavy (non-hydrogen) atoms. The van der Waals surface area contributed by atoms with Crippen molar-refractivity contribution in [3.63, 3.8) is 0 Å². The van der Waals surface area contributed by atoms with Gasteiger partial charge in [0.2, 0.25) is 0 Å². The van der Waals surface area contributed by atoms with Crippen LogP contribution in [0.2, 0.25) is 0 Å². The first kappa shape index (κ1) is 17.1. The summed E-state index contributed by atoms with van der Waals surface area (Å²) in [5.41, 5.74) is 4.85. The van der Waals surface area contributed by atoms with Crippen molar-refractivity contribution in [2.45, 2.75) is 20.3 Å². The molecule has 3 aromatic carbocycles. The lowest BCUT2D eigenvalue weighted by Crippen LogP contribution is -2.05. The van der Waals surface area contributed by atoms with Crippen LogP contribution in [0, 0.1) is 13.8 Å². The lowest BCUT2D eigenvalue weighted by atomic mass is 10.1. The van der Waals surface area contributed by atoms with Gasteiger partial charge in [-0.05, 0) is 48.7 Å². The highest BCUT2D eigenvalue weighted by atomic mass is 16.5. The maximum Gasteiger partial charge on any atom is 0.122 e. The third kappa shape index (κ3) is 4.87. The highest BCUT2D eigenvalue weighted by Crippen LogP contribution is 2.22. The van der Waals surface area contributed by atoms with Gasteiger partial charge in [0.15, 0.2) is 0 Å². The molecule has 0 aliphatic heterocycles. The van der Waals surface area contributed by atoms with E-state index in [1.807, 2.05) is 24.3 Å². The van der Waals surface area contributed by atoms with E-state index in [-0.39, 0.29) is 0 Å². The maximum absolute atomic E-state index is 5.83. The van der Waals surface area contributed by atoms with E-state index in [0.717, 1.165) is 17.9 Å². The van der Waals surface area contributed by atoms with E-state index in [1.165, 1.54) is 22.3 Å². The third-order valence-electron chi connectivity index (χ3n) is 4.11. The fraction of sp³-hybridized carbons (Fsp3) is 0.217. The summed E-state index contributed by atoms with van der Waals surface area (Å²) in [5.74, 6) is 1.85. The molecule has 0 bridgehead atoms. The molecule has 0 atom stereocenters. The predicted octanol–water partition coefficient (Wildman–Crippen LogP) is 5.82. The van der Waals surface area contributed by atoms with E-state index in [4.69, 9.17) is 9.47 Å². The van der Waals surface area contributed by atoms with Gasteiger partial charge in [0.1, 0.15) is 11.5 Å². The summed E-state index contributed by atoms with van der Waals surface area (Å²) in [6.45, 7) is 5.47.